The van der Waals surface area contributed by atoms with Gasteiger partial charge in [0.05, 0.1) is 0 Å². The van der Waals surface area contributed by atoms with Crippen LogP contribution in [-0.2, 0) is 0 Å². The Labute approximate surface area is 186 Å². The van der Waals surface area contributed by atoms with E-state index in [0.29, 0.717) is 23.2 Å². The quantitative estimate of drug-likeness (QED) is 0.225. The molecule has 1 aromatic carbocycles. The number of carbonyl (C=O) groups excluding carboxylic acids is 1. The lowest BCUT2D eigenvalue weighted by Crippen LogP contribution is -2.27. The van der Waals surface area contributed by atoms with Gasteiger partial charge in [0.1, 0.15) is 0 Å². The topological polar surface area (TPSA) is 44.7 Å². The molecule has 0 radical (unpaired) electrons. The molecule has 1 atom stereocenters. The highest BCUT2D eigenvalue weighted by atomic mass is 35.5. The van der Waals surface area contributed by atoms with Gasteiger partial charge < -0.3 is 4.90 Å². The van der Waals surface area contributed by atoms with Crippen molar-refractivity contribution in [2.45, 2.75) is 64.7 Å². The van der Waals surface area contributed by atoms with Crippen LogP contribution in [0.3, 0.4) is 0 Å². The van der Waals surface area contributed by atoms with E-state index >= 15 is 0 Å². The molecule has 1 amide bonds. The minimum Gasteiger partial charge on any atom is -0.369 e. The van der Waals surface area contributed by atoms with Crippen LogP contribution in [0.4, 0.5) is 5.69 Å². The molecule has 0 saturated heterocycles. The smallest absolute Gasteiger partial charge is 0.271 e. The lowest BCUT2D eigenvalue weighted by atomic mass is 9.98. The number of benzene rings is 1. The van der Waals surface area contributed by atoms with Gasteiger partial charge in [-0.15, -0.1) is 23.2 Å². The number of hydrogen-bond acceptors (Lipinski definition) is 3. The van der Waals surface area contributed by atoms with Gasteiger partial charge in [0.2, 0.25) is 0 Å². The summed E-state index contributed by atoms with van der Waals surface area (Å²) in [6.07, 6.45) is 11.1. The van der Waals surface area contributed by atoms with Gasteiger partial charge in [0, 0.05) is 41.8 Å². The van der Waals surface area contributed by atoms with Crippen molar-refractivity contribution < 1.29 is 4.79 Å². The van der Waals surface area contributed by atoms with E-state index in [1.807, 2.05) is 24.3 Å². The first-order valence-corrected chi connectivity index (χ1v) is 12.1. The second-order valence-corrected chi connectivity index (χ2v) is 8.50. The second-order valence-electron chi connectivity index (χ2n) is 7.75. The van der Waals surface area contributed by atoms with Crippen molar-refractivity contribution in [1.29, 1.82) is 0 Å². The predicted octanol–water partition coefficient (Wildman–Crippen LogP) is 6.22. The number of hydrazone groups is 1. The first-order valence-electron chi connectivity index (χ1n) is 11.0. The number of anilines is 1. The summed E-state index contributed by atoms with van der Waals surface area (Å²) in [5.41, 5.74) is 5.58. The maximum Gasteiger partial charge on any atom is 0.271 e. The molecule has 6 heteroatoms. The summed E-state index contributed by atoms with van der Waals surface area (Å²) in [5, 5.41) is 4.48. The highest BCUT2D eigenvalue weighted by Gasteiger charge is 2.22. The standard InChI is InChI=1S/C23H35Cl2N3O/c1-2-3-4-5-6-8-19-9-7-10-22(19)26-27-23(29)20-11-13-21(14-12-20)28(17-15-24)18-16-25/h11-14,19H,2-10,15-18H2,1H3,(H,27,29)/b26-22-/t19-/m1/s1. The molecule has 0 spiro atoms. The van der Waals surface area contributed by atoms with Crippen LogP contribution in [0.15, 0.2) is 29.4 Å². The molecule has 0 unspecified atom stereocenters. The van der Waals surface area contributed by atoms with Crippen LogP contribution >= 0.6 is 23.2 Å². The number of hydrogen-bond donors (Lipinski definition) is 1. The van der Waals surface area contributed by atoms with Crippen LogP contribution in [0, 0.1) is 5.92 Å². The number of carbonyl (C=O) groups is 1. The van der Waals surface area contributed by atoms with E-state index in [2.05, 4.69) is 22.4 Å². The fourth-order valence-corrected chi connectivity index (χ4v) is 4.35. The number of halogens is 2. The molecule has 2 rings (SSSR count). The zero-order valence-corrected chi connectivity index (χ0v) is 19.1. The van der Waals surface area contributed by atoms with Crippen molar-refractivity contribution in [3.8, 4) is 0 Å². The number of nitrogens with one attached hydrogen (secondary N) is 1. The number of amides is 1. The summed E-state index contributed by atoms with van der Waals surface area (Å²) < 4.78 is 0. The molecule has 29 heavy (non-hydrogen) atoms. The lowest BCUT2D eigenvalue weighted by Gasteiger charge is -2.22. The van der Waals surface area contributed by atoms with Crippen LogP contribution in [0.5, 0.6) is 0 Å². The van der Waals surface area contributed by atoms with Gasteiger partial charge in [-0.05, 0) is 55.9 Å². The molecular weight excluding hydrogens is 405 g/mol. The van der Waals surface area contributed by atoms with Gasteiger partial charge in [0.15, 0.2) is 0 Å². The lowest BCUT2D eigenvalue weighted by molar-refractivity contribution is 0.0954. The minimum atomic E-state index is -0.154. The highest BCUT2D eigenvalue weighted by molar-refractivity contribution is 6.18. The molecule has 1 aliphatic rings. The third-order valence-corrected chi connectivity index (χ3v) is 5.96. The largest absolute Gasteiger partial charge is 0.369 e. The Kier molecular flexibility index (Phi) is 11.5. The van der Waals surface area contributed by atoms with E-state index in [0.717, 1.165) is 25.2 Å². The molecule has 1 N–H and O–H groups in total. The first kappa shape index (κ1) is 24.0. The molecule has 0 bridgehead atoms. The normalized spacial score (nSPS) is 17.6. The predicted molar refractivity (Wildman–Crippen MR) is 126 cm³/mol. The molecule has 1 aromatic rings. The van der Waals surface area contributed by atoms with Gasteiger partial charge in [-0.2, -0.15) is 5.10 Å². The third-order valence-electron chi connectivity index (χ3n) is 5.62. The number of alkyl halides is 2. The summed E-state index contributed by atoms with van der Waals surface area (Å²) >= 11 is 11.7. The summed E-state index contributed by atoms with van der Waals surface area (Å²) in [6.45, 7) is 3.70. The summed E-state index contributed by atoms with van der Waals surface area (Å²) in [4.78, 5) is 14.6. The molecule has 0 heterocycles. The molecule has 1 fully saturated rings. The van der Waals surface area contributed by atoms with Crippen LogP contribution in [-0.4, -0.2) is 36.5 Å². The average molecular weight is 440 g/mol. The number of unbranched alkanes of at least 4 members (excludes halogenated alkanes) is 4. The maximum atomic E-state index is 12.5. The Hall–Kier alpha value is -1.26. The molecular formula is C23H35Cl2N3O. The second kappa shape index (κ2) is 13.9. The monoisotopic (exact) mass is 439 g/mol. The van der Waals surface area contributed by atoms with Gasteiger partial charge in [-0.3, -0.25) is 4.79 Å². The van der Waals surface area contributed by atoms with Gasteiger partial charge in [-0.1, -0.05) is 39.0 Å². The van der Waals surface area contributed by atoms with Crippen LogP contribution < -0.4 is 10.3 Å². The van der Waals surface area contributed by atoms with Crippen LogP contribution in [0.1, 0.15) is 75.1 Å². The number of rotatable bonds is 13. The zero-order chi connectivity index (χ0) is 20.9. The third kappa shape index (κ3) is 8.18. The first-order chi connectivity index (χ1) is 14.2. The molecule has 0 aromatic heterocycles. The van der Waals surface area contributed by atoms with E-state index < -0.39 is 0 Å². The molecule has 0 aliphatic heterocycles. The fraction of sp³-hybridized carbons (Fsp3) is 0.652. The van der Waals surface area contributed by atoms with Gasteiger partial charge >= 0.3 is 0 Å². The van der Waals surface area contributed by atoms with Crippen molar-refractivity contribution in [3.05, 3.63) is 29.8 Å². The van der Waals surface area contributed by atoms with E-state index in [-0.39, 0.29) is 5.91 Å². The average Bonchev–Trinajstić information content (AvgIpc) is 3.19. The molecule has 162 valence electrons. The van der Waals surface area contributed by atoms with Crippen molar-refractivity contribution in [1.82, 2.24) is 5.43 Å². The van der Waals surface area contributed by atoms with Crippen LogP contribution in [0.2, 0.25) is 0 Å². The van der Waals surface area contributed by atoms with E-state index in [1.54, 1.807) is 0 Å². The summed E-state index contributed by atoms with van der Waals surface area (Å²) in [6, 6.07) is 7.55. The van der Waals surface area contributed by atoms with Gasteiger partial charge in [0.25, 0.3) is 5.91 Å². The van der Waals surface area contributed by atoms with E-state index in [4.69, 9.17) is 23.2 Å². The van der Waals surface area contributed by atoms with Crippen molar-refractivity contribution >= 4 is 40.5 Å². The summed E-state index contributed by atoms with van der Waals surface area (Å²) in [7, 11) is 0. The molecule has 1 aliphatic carbocycles. The van der Waals surface area contributed by atoms with Crippen molar-refractivity contribution in [2.75, 3.05) is 29.7 Å². The molecule has 1 saturated carbocycles. The SMILES string of the molecule is CCCCCCC[C@@H]1CCC/C1=N/NC(=O)c1ccc(N(CCCl)CCCl)cc1. The Balaban J connectivity index is 1.87. The minimum absolute atomic E-state index is 0.154. The Morgan fingerprint density at radius 3 is 2.45 bits per heavy atom. The Bertz CT molecular complexity index is 628. The van der Waals surface area contributed by atoms with Crippen molar-refractivity contribution in [3.63, 3.8) is 0 Å². The van der Waals surface area contributed by atoms with E-state index in [1.165, 1.54) is 57.1 Å². The maximum absolute atomic E-state index is 12.5. The number of nitrogens with zero attached hydrogens (tertiary/aromatic N) is 2. The molecule has 4 nitrogen and oxygen atoms in total. The highest BCUT2D eigenvalue weighted by Crippen LogP contribution is 2.27. The summed E-state index contributed by atoms with van der Waals surface area (Å²) in [5.74, 6) is 1.46. The Morgan fingerprint density at radius 2 is 1.79 bits per heavy atom. The van der Waals surface area contributed by atoms with Crippen LogP contribution in [0.25, 0.3) is 0 Å². The fourth-order valence-electron chi connectivity index (χ4n) is 3.94. The zero-order valence-electron chi connectivity index (χ0n) is 17.6. The van der Waals surface area contributed by atoms with Crippen molar-refractivity contribution in [2.24, 2.45) is 11.0 Å². The van der Waals surface area contributed by atoms with Gasteiger partial charge in [-0.25, -0.2) is 5.43 Å². The van der Waals surface area contributed by atoms with E-state index in [9.17, 15) is 4.79 Å². The Morgan fingerprint density at radius 1 is 1.10 bits per heavy atom.